The van der Waals surface area contributed by atoms with Crippen LogP contribution in [0.2, 0.25) is 0 Å². The maximum Gasteiger partial charge on any atom is 0.407 e. The van der Waals surface area contributed by atoms with E-state index >= 15 is 0 Å². The van der Waals surface area contributed by atoms with Crippen molar-refractivity contribution in [2.45, 2.75) is 39.4 Å². The average molecular weight is 411 g/mol. The van der Waals surface area contributed by atoms with Gasteiger partial charge < -0.3 is 19.5 Å². The Morgan fingerprint density at radius 1 is 1.07 bits per heavy atom. The number of ether oxygens (including phenoxy) is 3. The van der Waals surface area contributed by atoms with E-state index in [1.807, 2.05) is 69.3 Å². The van der Waals surface area contributed by atoms with Crippen LogP contribution in [0.15, 0.2) is 54.6 Å². The second kappa shape index (κ2) is 11.0. The number of carbonyl (C=O) groups excluding carboxylic acids is 2. The fourth-order valence-electron chi connectivity index (χ4n) is 2.63. The second-order valence-corrected chi connectivity index (χ2v) is 7.67. The molecule has 2 aromatic carbocycles. The van der Waals surface area contributed by atoms with E-state index in [9.17, 15) is 9.59 Å². The zero-order valence-corrected chi connectivity index (χ0v) is 17.9. The second-order valence-electron chi connectivity index (χ2n) is 7.67. The van der Waals surface area contributed by atoms with Gasteiger partial charge in [0.15, 0.2) is 0 Å². The minimum atomic E-state index is -0.552. The van der Waals surface area contributed by atoms with Crippen LogP contribution in [0.25, 0.3) is 6.08 Å². The number of carbonyl (C=O) groups is 2. The van der Waals surface area contributed by atoms with Crippen LogP contribution in [0.1, 0.15) is 37.5 Å². The highest BCUT2D eigenvalue weighted by molar-refractivity contribution is 5.87. The number of hydrogen-bond donors (Lipinski definition) is 1. The van der Waals surface area contributed by atoms with Crippen LogP contribution in [0.5, 0.6) is 5.75 Å². The van der Waals surface area contributed by atoms with Gasteiger partial charge in [0.05, 0.1) is 7.11 Å². The number of amides is 1. The molecule has 0 aliphatic carbocycles. The van der Waals surface area contributed by atoms with Crippen molar-refractivity contribution in [2.24, 2.45) is 0 Å². The maximum absolute atomic E-state index is 11.9. The highest BCUT2D eigenvalue weighted by atomic mass is 16.6. The van der Waals surface area contributed by atoms with Gasteiger partial charge in [0.2, 0.25) is 0 Å². The molecule has 2 aromatic rings. The van der Waals surface area contributed by atoms with Crippen LogP contribution >= 0.6 is 0 Å². The number of hydrogen-bond acceptors (Lipinski definition) is 5. The van der Waals surface area contributed by atoms with Crippen LogP contribution < -0.4 is 10.1 Å². The third-order valence-corrected chi connectivity index (χ3v) is 4.03. The molecule has 0 aliphatic rings. The Morgan fingerprint density at radius 2 is 1.80 bits per heavy atom. The Hall–Kier alpha value is -3.28. The molecule has 1 N–H and O–H groups in total. The predicted molar refractivity (Wildman–Crippen MR) is 116 cm³/mol. The van der Waals surface area contributed by atoms with Crippen molar-refractivity contribution in [3.63, 3.8) is 0 Å². The summed E-state index contributed by atoms with van der Waals surface area (Å²) >= 11 is 0. The lowest BCUT2D eigenvalue weighted by molar-refractivity contribution is -0.134. The molecule has 2 rings (SSSR count). The summed E-state index contributed by atoms with van der Waals surface area (Å²) in [5.74, 6) is 0.276. The van der Waals surface area contributed by atoms with E-state index in [0.717, 1.165) is 16.7 Å². The SMILES string of the molecule is COC(=O)/C=C/c1ccc(OCc2ccccc2)cc1CCNC(=O)OC(C)(C)C. The summed E-state index contributed by atoms with van der Waals surface area (Å²) in [6.07, 6.45) is 3.13. The molecule has 0 aromatic heterocycles. The van der Waals surface area contributed by atoms with Crippen LogP contribution in [0.4, 0.5) is 4.79 Å². The van der Waals surface area contributed by atoms with Crippen LogP contribution in [-0.2, 0) is 27.3 Å². The van der Waals surface area contributed by atoms with E-state index in [2.05, 4.69) is 10.1 Å². The zero-order chi connectivity index (χ0) is 22.0. The molecular formula is C24H29NO5. The summed E-state index contributed by atoms with van der Waals surface area (Å²) in [5.41, 5.74) is 2.29. The van der Waals surface area contributed by atoms with Crippen molar-refractivity contribution >= 4 is 18.1 Å². The van der Waals surface area contributed by atoms with Gasteiger partial charge in [-0.25, -0.2) is 9.59 Å². The quantitative estimate of drug-likeness (QED) is 0.511. The zero-order valence-electron chi connectivity index (χ0n) is 17.9. The smallest absolute Gasteiger partial charge is 0.407 e. The number of benzene rings is 2. The third-order valence-electron chi connectivity index (χ3n) is 4.03. The summed E-state index contributed by atoms with van der Waals surface area (Å²) in [4.78, 5) is 23.3. The summed E-state index contributed by atoms with van der Waals surface area (Å²) in [6.45, 7) is 6.28. The van der Waals surface area contributed by atoms with Crippen molar-refractivity contribution in [3.05, 3.63) is 71.3 Å². The number of nitrogens with one attached hydrogen (secondary N) is 1. The first-order chi connectivity index (χ1) is 14.3. The molecule has 0 saturated heterocycles. The topological polar surface area (TPSA) is 73.9 Å². The Labute approximate surface area is 177 Å². The van der Waals surface area contributed by atoms with E-state index in [-0.39, 0.29) is 0 Å². The fourth-order valence-corrected chi connectivity index (χ4v) is 2.63. The Bertz CT molecular complexity index is 869. The van der Waals surface area contributed by atoms with Crippen LogP contribution in [-0.4, -0.2) is 31.3 Å². The molecule has 0 fully saturated rings. The first-order valence-corrected chi connectivity index (χ1v) is 9.79. The van der Waals surface area contributed by atoms with Gasteiger partial charge in [-0.1, -0.05) is 36.4 Å². The molecule has 160 valence electrons. The minimum absolute atomic E-state index is 0.385. The third kappa shape index (κ3) is 8.39. The standard InChI is InChI=1S/C24H29NO5/c1-24(2,3)30-23(27)25-15-14-20-16-21(29-17-18-8-6-5-7-9-18)12-10-19(20)11-13-22(26)28-4/h5-13,16H,14-15,17H2,1-4H3,(H,25,27)/b13-11+. The van der Waals surface area contributed by atoms with Gasteiger partial charge in [0.25, 0.3) is 0 Å². The summed E-state index contributed by atoms with van der Waals surface area (Å²) < 4.78 is 15.8. The first-order valence-electron chi connectivity index (χ1n) is 9.79. The van der Waals surface area contributed by atoms with E-state index in [1.165, 1.54) is 13.2 Å². The van der Waals surface area contributed by atoms with E-state index in [0.29, 0.717) is 25.3 Å². The molecule has 0 bridgehead atoms. The van der Waals surface area contributed by atoms with Crippen LogP contribution in [0, 0.1) is 0 Å². The Balaban J connectivity index is 2.08. The van der Waals surface area contributed by atoms with Gasteiger partial charge in [-0.05, 0) is 62.1 Å². The largest absolute Gasteiger partial charge is 0.489 e. The van der Waals surface area contributed by atoms with Gasteiger partial charge in [0.1, 0.15) is 18.0 Å². The van der Waals surface area contributed by atoms with E-state index in [1.54, 1.807) is 6.08 Å². The fraction of sp³-hybridized carbons (Fsp3) is 0.333. The predicted octanol–water partition coefficient (Wildman–Crippen LogP) is 4.52. The van der Waals surface area contributed by atoms with Gasteiger partial charge in [0, 0.05) is 12.6 Å². The van der Waals surface area contributed by atoms with E-state index < -0.39 is 17.7 Å². The van der Waals surface area contributed by atoms with E-state index in [4.69, 9.17) is 9.47 Å². The molecule has 0 unspecified atom stereocenters. The Kier molecular flexibility index (Phi) is 8.47. The van der Waals surface area contributed by atoms with Crippen LogP contribution in [0.3, 0.4) is 0 Å². The van der Waals surface area contributed by atoms with Crippen molar-refractivity contribution < 1.29 is 23.8 Å². The number of esters is 1. The molecule has 0 heterocycles. The average Bonchev–Trinajstić information content (AvgIpc) is 2.70. The van der Waals surface area contributed by atoms with Gasteiger partial charge in [-0.15, -0.1) is 0 Å². The van der Waals surface area contributed by atoms with Crippen molar-refractivity contribution in [2.75, 3.05) is 13.7 Å². The molecule has 0 atom stereocenters. The molecule has 0 aliphatic heterocycles. The number of methoxy groups -OCH3 is 1. The monoisotopic (exact) mass is 411 g/mol. The summed E-state index contributed by atoms with van der Waals surface area (Å²) in [6, 6.07) is 15.5. The van der Waals surface area contributed by atoms with Gasteiger partial charge >= 0.3 is 12.1 Å². The van der Waals surface area contributed by atoms with Crippen molar-refractivity contribution in [3.8, 4) is 5.75 Å². The summed E-state index contributed by atoms with van der Waals surface area (Å²) in [5, 5.41) is 2.75. The lowest BCUT2D eigenvalue weighted by Gasteiger charge is -2.19. The molecule has 0 saturated carbocycles. The lowest BCUT2D eigenvalue weighted by Crippen LogP contribution is -2.33. The number of rotatable bonds is 8. The maximum atomic E-state index is 11.9. The van der Waals surface area contributed by atoms with Gasteiger partial charge in [-0.3, -0.25) is 0 Å². The molecular weight excluding hydrogens is 382 g/mol. The van der Waals surface area contributed by atoms with Crippen molar-refractivity contribution in [1.82, 2.24) is 5.32 Å². The molecule has 1 amide bonds. The molecule has 0 spiro atoms. The highest BCUT2D eigenvalue weighted by Crippen LogP contribution is 2.21. The molecule has 30 heavy (non-hydrogen) atoms. The minimum Gasteiger partial charge on any atom is -0.489 e. The molecule has 0 radical (unpaired) electrons. The first kappa shape index (κ1) is 23.0. The molecule has 6 heteroatoms. The molecule has 6 nitrogen and oxygen atoms in total. The highest BCUT2D eigenvalue weighted by Gasteiger charge is 2.15. The lowest BCUT2D eigenvalue weighted by atomic mass is 10.0. The number of alkyl carbamates (subject to hydrolysis) is 1. The normalized spacial score (nSPS) is 11.2. The summed E-state index contributed by atoms with van der Waals surface area (Å²) in [7, 11) is 1.33. The van der Waals surface area contributed by atoms with Crippen molar-refractivity contribution in [1.29, 1.82) is 0 Å². The van der Waals surface area contributed by atoms with Gasteiger partial charge in [-0.2, -0.15) is 0 Å². The Morgan fingerprint density at radius 3 is 2.47 bits per heavy atom.